The first kappa shape index (κ1) is 12.6. The Hall–Kier alpha value is -1.87. The lowest BCUT2D eigenvalue weighted by Gasteiger charge is -2.08. The van der Waals surface area contributed by atoms with Gasteiger partial charge in [-0.15, -0.1) is 0 Å². The fraction of sp³-hybridized carbons (Fsp3) is 0.0714. The Bertz CT molecular complexity index is 581. The molecule has 2 nitrogen and oxygen atoms in total. The first-order valence-electron chi connectivity index (χ1n) is 5.39. The van der Waals surface area contributed by atoms with E-state index in [1.165, 1.54) is 12.1 Å². The average Bonchev–Trinajstić information content (AvgIpc) is 2.34. The van der Waals surface area contributed by atoms with Crippen molar-refractivity contribution in [3.8, 4) is 0 Å². The summed E-state index contributed by atoms with van der Waals surface area (Å²) in [5.41, 5.74) is 1.75. The molecule has 1 amide bonds. The molecule has 1 N–H and O–H groups in total. The summed E-state index contributed by atoms with van der Waals surface area (Å²) >= 11 is 5.74. The van der Waals surface area contributed by atoms with Crippen molar-refractivity contribution in [1.82, 2.24) is 0 Å². The second kappa shape index (κ2) is 5.19. The molecular weight excluding hydrogens is 253 g/mol. The zero-order valence-electron chi connectivity index (χ0n) is 9.71. The van der Waals surface area contributed by atoms with Gasteiger partial charge in [-0.05, 0) is 48.9 Å². The average molecular weight is 264 g/mol. The van der Waals surface area contributed by atoms with Crippen molar-refractivity contribution < 1.29 is 9.18 Å². The molecule has 4 heteroatoms. The van der Waals surface area contributed by atoms with E-state index in [0.717, 1.165) is 5.56 Å². The highest BCUT2D eigenvalue weighted by Crippen LogP contribution is 2.17. The minimum Gasteiger partial charge on any atom is -0.322 e. The van der Waals surface area contributed by atoms with E-state index in [2.05, 4.69) is 5.32 Å². The number of aryl methyl sites for hydroxylation is 1. The molecule has 0 heterocycles. The third-order valence-corrected chi connectivity index (χ3v) is 2.81. The quantitative estimate of drug-likeness (QED) is 0.870. The maximum absolute atomic E-state index is 13.1. The van der Waals surface area contributed by atoms with Crippen LogP contribution >= 0.6 is 11.6 Å². The molecule has 0 aliphatic rings. The Balaban J connectivity index is 2.21. The van der Waals surface area contributed by atoms with E-state index >= 15 is 0 Å². The predicted octanol–water partition coefficient (Wildman–Crippen LogP) is 4.04. The zero-order valence-corrected chi connectivity index (χ0v) is 10.5. The highest BCUT2D eigenvalue weighted by Gasteiger charge is 2.08. The van der Waals surface area contributed by atoms with Gasteiger partial charge in [0.25, 0.3) is 5.91 Å². The van der Waals surface area contributed by atoms with E-state index in [0.29, 0.717) is 16.3 Å². The van der Waals surface area contributed by atoms with Gasteiger partial charge in [-0.3, -0.25) is 4.79 Å². The maximum Gasteiger partial charge on any atom is 0.255 e. The maximum atomic E-state index is 13.1. The van der Waals surface area contributed by atoms with Crippen molar-refractivity contribution in [2.75, 3.05) is 5.32 Å². The molecule has 2 rings (SSSR count). The Morgan fingerprint density at radius 3 is 2.50 bits per heavy atom. The molecule has 0 aromatic heterocycles. The monoisotopic (exact) mass is 263 g/mol. The van der Waals surface area contributed by atoms with Crippen LogP contribution in [0.4, 0.5) is 10.1 Å². The summed E-state index contributed by atoms with van der Waals surface area (Å²) in [7, 11) is 0. The topological polar surface area (TPSA) is 29.1 Å². The molecule has 0 aliphatic heterocycles. The molecular formula is C14H11ClFNO. The summed E-state index contributed by atoms with van der Waals surface area (Å²) in [6.45, 7) is 1.80. The minimum absolute atomic E-state index is 0.291. The summed E-state index contributed by atoms with van der Waals surface area (Å²) in [5.74, 6) is -0.674. The smallest absolute Gasteiger partial charge is 0.255 e. The number of benzene rings is 2. The molecule has 0 saturated heterocycles. The molecule has 0 spiro atoms. The first-order chi connectivity index (χ1) is 8.56. The van der Waals surface area contributed by atoms with Crippen LogP contribution in [0, 0.1) is 12.7 Å². The number of hydrogen-bond donors (Lipinski definition) is 1. The van der Waals surface area contributed by atoms with Crippen LogP contribution in [0.15, 0.2) is 42.5 Å². The summed E-state index contributed by atoms with van der Waals surface area (Å²) < 4.78 is 13.1. The summed E-state index contributed by atoms with van der Waals surface area (Å²) in [6.07, 6.45) is 0. The van der Waals surface area contributed by atoms with E-state index in [-0.39, 0.29) is 11.7 Å². The van der Waals surface area contributed by atoms with Gasteiger partial charge < -0.3 is 5.32 Å². The largest absolute Gasteiger partial charge is 0.322 e. The first-order valence-corrected chi connectivity index (χ1v) is 5.77. The van der Waals surface area contributed by atoms with Crippen LogP contribution in [0.5, 0.6) is 0 Å². The molecule has 0 aliphatic carbocycles. The van der Waals surface area contributed by atoms with Crippen LogP contribution in [-0.4, -0.2) is 5.91 Å². The van der Waals surface area contributed by atoms with E-state index < -0.39 is 0 Å². The van der Waals surface area contributed by atoms with Crippen molar-refractivity contribution in [1.29, 1.82) is 0 Å². The van der Waals surface area contributed by atoms with E-state index in [9.17, 15) is 9.18 Å². The molecule has 0 fully saturated rings. The van der Waals surface area contributed by atoms with Crippen LogP contribution in [-0.2, 0) is 0 Å². The van der Waals surface area contributed by atoms with Crippen LogP contribution in [0.2, 0.25) is 5.02 Å². The Morgan fingerprint density at radius 2 is 1.83 bits per heavy atom. The van der Waals surface area contributed by atoms with Crippen molar-refractivity contribution in [2.45, 2.75) is 6.92 Å². The van der Waals surface area contributed by atoms with Crippen molar-refractivity contribution in [2.24, 2.45) is 0 Å². The molecule has 0 atom stereocenters. The number of amides is 1. The van der Waals surface area contributed by atoms with Crippen molar-refractivity contribution >= 4 is 23.2 Å². The number of rotatable bonds is 2. The van der Waals surface area contributed by atoms with Crippen molar-refractivity contribution in [3.05, 3.63) is 64.4 Å². The molecule has 92 valence electrons. The van der Waals surface area contributed by atoms with Gasteiger partial charge in [0.2, 0.25) is 0 Å². The van der Waals surface area contributed by atoms with Gasteiger partial charge in [0.1, 0.15) is 5.82 Å². The number of hydrogen-bond acceptors (Lipinski definition) is 1. The lowest BCUT2D eigenvalue weighted by Crippen LogP contribution is -2.12. The molecule has 2 aromatic carbocycles. The number of anilines is 1. The normalized spacial score (nSPS) is 10.2. The molecule has 0 radical (unpaired) electrons. The third kappa shape index (κ3) is 2.87. The fourth-order valence-electron chi connectivity index (χ4n) is 1.52. The lowest BCUT2D eigenvalue weighted by molar-refractivity contribution is 0.102. The van der Waals surface area contributed by atoms with Crippen LogP contribution in [0.25, 0.3) is 0 Å². The van der Waals surface area contributed by atoms with E-state index in [4.69, 9.17) is 11.6 Å². The van der Waals surface area contributed by atoms with Gasteiger partial charge in [0, 0.05) is 16.3 Å². The number of carbonyl (C=O) groups is 1. The molecule has 0 saturated carbocycles. The Morgan fingerprint density at radius 1 is 1.17 bits per heavy atom. The molecule has 0 unspecified atom stereocenters. The number of nitrogens with one attached hydrogen (secondary N) is 1. The highest BCUT2D eigenvalue weighted by atomic mass is 35.5. The summed E-state index contributed by atoms with van der Waals surface area (Å²) in [4.78, 5) is 11.9. The zero-order chi connectivity index (χ0) is 13.1. The molecule has 0 bridgehead atoms. The Kier molecular flexibility index (Phi) is 3.63. The number of carbonyl (C=O) groups excluding carboxylic acids is 1. The van der Waals surface area contributed by atoms with E-state index in [1.807, 2.05) is 0 Å². The summed E-state index contributed by atoms with van der Waals surface area (Å²) in [5, 5.41) is 3.23. The third-order valence-electron chi connectivity index (χ3n) is 2.55. The molecule has 2 aromatic rings. The van der Waals surface area contributed by atoms with Crippen molar-refractivity contribution in [3.63, 3.8) is 0 Å². The van der Waals surface area contributed by atoms with Crippen LogP contribution in [0.1, 0.15) is 15.9 Å². The minimum atomic E-state index is -0.382. The van der Waals surface area contributed by atoms with Gasteiger partial charge in [-0.25, -0.2) is 4.39 Å². The van der Waals surface area contributed by atoms with Crippen LogP contribution in [0.3, 0.4) is 0 Å². The second-order valence-corrected chi connectivity index (χ2v) is 4.36. The van der Waals surface area contributed by atoms with Gasteiger partial charge in [0.15, 0.2) is 0 Å². The highest BCUT2D eigenvalue weighted by molar-refractivity contribution is 6.30. The SMILES string of the molecule is Cc1ccc(F)cc1NC(=O)c1ccc(Cl)cc1. The molecule has 18 heavy (non-hydrogen) atoms. The van der Waals surface area contributed by atoms with Gasteiger partial charge in [-0.1, -0.05) is 17.7 Å². The second-order valence-electron chi connectivity index (χ2n) is 3.92. The van der Waals surface area contributed by atoms with Gasteiger partial charge in [-0.2, -0.15) is 0 Å². The Labute approximate surface area is 109 Å². The van der Waals surface area contributed by atoms with Gasteiger partial charge in [0.05, 0.1) is 0 Å². The predicted molar refractivity (Wildman–Crippen MR) is 70.5 cm³/mol. The lowest BCUT2D eigenvalue weighted by atomic mass is 10.1. The van der Waals surface area contributed by atoms with E-state index in [1.54, 1.807) is 37.3 Å². The fourth-order valence-corrected chi connectivity index (χ4v) is 1.65. The standard InChI is InChI=1S/C14H11ClFNO/c1-9-2-7-12(16)8-13(9)17-14(18)10-3-5-11(15)6-4-10/h2-8H,1H3,(H,17,18). The number of halogens is 2. The van der Waals surface area contributed by atoms with Gasteiger partial charge >= 0.3 is 0 Å². The summed E-state index contributed by atoms with van der Waals surface area (Å²) in [6, 6.07) is 10.8. The van der Waals surface area contributed by atoms with Crippen LogP contribution < -0.4 is 5.32 Å².